The number of carbonyl (C=O) groups is 1. The van der Waals surface area contributed by atoms with E-state index in [1.54, 1.807) is 11.3 Å². The SMILES string of the molecule is CN1CCN(CCCNC(=O)c2c3c(nc4ccccc24)/C(=C\c2cccs2)CC3)CC1. The summed E-state index contributed by atoms with van der Waals surface area (Å²) in [6.45, 7) is 6.23. The van der Waals surface area contributed by atoms with Gasteiger partial charge in [-0.25, -0.2) is 4.98 Å². The average molecular weight is 447 g/mol. The maximum Gasteiger partial charge on any atom is 0.252 e. The van der Waals surface area contributed by atoms with Gasteiger partial charge in [-0.3, -0.25) is 4.79 Å². The van der Waals surface area contributed by atoms with Crippen molar-refractivity contribution in [3.05, 3.63) is 63.5 Å². The number of hydrogen-bond acceptors (Lipinski definition) is 5. The summed E-state index contributed by atoms with van der Waals surface area (Å²) in [6, 6.07) is 12.2. The monoisotopic (exact) mass is 446 g/mol. The van der Waals surface area contributed by atoms with E-state index in [0.717, 1.165) is 79.7 Å². The Morgan fingerprint density at radius 3 is 2.78 bits per heavy atom. The van der Waals surface area contributed by atoms with Gasteiger partial charge in [-0.1, -0.05) is 24.3 Å². The first kappa shape index (κ1) is 21.3. The normalized spacial score (nSPS) is 18.3. The summed E-state index contributed by atoms with van der Waals surface area (Å²) in [5.74, 6) is 0.0376. The van der Waals surface area contributed by atoms with Crippen LogP contribution in [0.25, 0.3) is 22.6 Å². The predicted octanol–water partition coefficient (Wildman–Crippen LogP) is 4.15. The number of aromatic nitrogens is 1. The minimum atomic E-state index is 0.0376. The lowest BCUT2D eigenvalue weighted by atomic mass is 10.00. The van der Waals surface area contributed by atoms with E-state index in [-0.39, 0.29) is 5.91 Å². The first-order chi connectivity index (χ1) is 15.7. The Hall–Kier alpha value is -2.54. The summed E-state index contributed by atoms with van der Waals surface area (Å²) in [5, 5.41) is 6.26. The lowest BCUT2D eigenvalue weighted by molar-refractivity contribution is 0.0950. The van der Waals surface area contributed by atoms with Crippen molar-refractivity contribution in [3.8, 4) is 0 Å². The Morgan fingerprint density at radius 2 is 1.97 bits per heavy atom. The highest BCUT2D eigenvalue weighted by molar-refractivity contribution is 7.10. The molecular weight excluding hydrogens is 416 g/mol. The average Bonchev–Trinajstić information content (AvgIpc) is 3.47. The number of rotatable bonds is 6. The number of piperazine rings is 1. The Bertz CT molecular complexity index is 1130. The van der Waals surface area contributed by atoms with Crippen molar-refractivity contribution in [1.29, 1.82) is 0 Å². The Morgan fingerprint density at radius 1 is 1.12 bits per heavy atom. The lowest BCUT2D eigenvalue weighted by Crippen LogP contribution is -2.45. The maximum absolute atomic E-state index is 13.4. The summed E-state index contributed by atoms with van der Waals surface area (Å²) < 4.78 is 0. The number of nitrogens with one attached hydrogen (secondary N) is 1. The molecule has 5 rings (SSSR count). The molecule has 1 N–H and O–H groups in total. The zero-order valence-electron chi connectivity index (χ0n) is 18.6. The molecule has 3 aromatic rings. The van der Waals surface area contributed by atoms with Crippen LogP contribution in [0.2, 0.25) is 0 Å². The van der Waals surface area contributed by atoms with Crippen LogP contribution in [-0.4, -0.2) is 67.0 Å². The third-order valence-electron chi connectivity index (χ3n) is 6.56. The van der Waals surface area contributed by atoms with Gasteiger partial charge >= 0.3 is 0 Å². The summed E-state index contributed by atoms with van der Waals surface area (Å²) >= 11 is 1.73. The zero-order chi connectivity index (χ0) is 21.9. The predicted molar refractivity (Wildman–Crippen MR) is 133 cm³/mol. The van der Waals surface area contributed by atoms with Crippen LogP contribution in [0, 0.1) is 0 Å². The molecule has 1 amide bonds. The van der Waals surface area contributed by atoms with Crippen LogP contribution in [-0.2, 0) is 6.42 Å². The number of fused-ring (bicyclic) bond motifs is 2. The van der Waals surface area contributed by atoms with Gasteiger partial charge in [0.25, 0.3) is 5.91 Å². The van der Waals surface area contributed by atoms with Crippen LogP contribution in [0.5, 0.6) is 0 Å². The fourth-order valence-corrected chi connectivity index (χ4v) is 5.43. The molecule has 5 nitrogen and oxygen atoms in total. The molecule has 0 radical (unpaired) electrons. The molecule has 1 saturated heterocycles. The number of amides is 1. The molecule has 0 bridgehead atoms. The first-order valence-electron chi connectivity index (χ1n) is 11.5. The first-order valence-corrected chi connectivity index (χ1v) is 12.4. The minimum Gasteiger partial charge on any atom is -0.352 e. The number of benzene rings is 1. The smallest absolute Gasteiger partial charge is 0.252 e. The van der Waals surface area contributed by atoms with E-state index in [0.29, 0.717) is 6.54 Å². The summed E-state index contributed by atoms with van der Waals surface area (Å²) in [5.41, 5.74) is 5.05. The number of para-hydroxylation sites is 1. The molecule has 2 aromatic heterocycles. The highest BCUT2D eigenvalue weighted by atomic mass is 32.1. The van der Waals surface area contributed by atoms with E-state index >= 15 is 0 Å². The van der Waals surface area contributed by atoms with E-state index in [1.807, 2.05) is 24.3 Å². The van der Waals surface area contributed by atoms with E-state index in [4.69, 9.17) is 4.98 Å². The largest absolute Gasteiger partial charge is 0.352 e. The zero-order valence-corrected chi connectivity index (χ0v) is 19.5. The second-order valence-corrected chi connectivity index (χ2v) is 9.75. The van der Waals surface area contributed by atoms with Gasteiger partial charge in [0.2, 0.25) is 0 Å². The number of carbonyl (C=O) groups excluding carboxylic acids is 1. The van der Waals surface area contributed by atoms with Crippen molar-refractivity contribution in [2.24, 2.45) is 0 Å². The molecule has 166 valence electrons. The van der Waals surface area contributed by atoms with Crippen molar-refractivity contribution >= 4 is 39.8 Å². The Balaban J connectivity index is 1.34. The van der Waals surface area contributed by atoms with Gasteiger partial charge in [0.05, 0.1) is 16.8 Å². The fraction of sp³-hybridized carbons (Fsp3) is 0.385. The third kappa shape index (κ3) is 4.49. The van der Waals surface area contributed by atoms with E-state index < -0.39 is 0 Å². The standard InChI is InChI=1S/C26H30N4OS/c1-29-13-15-30(16-14-29)12-5-11-27-26(31)24-21-7-2-3-8-23(21)28-25-19(9-10-22(24)25)18-20-6-4-17-32-20/h2-4,6-8,17-18H,5,9-16H2,1H3,(H,27,31)/b19-18-. The number of nitrogens with zero attached hydrogens (tertiary/aromatic N) is 3. The minimum absolute atomic E-state index is 0.0376. The van der Waals surface area contributed by atoms with Crippen molar-refractivity contribution in [2.75, 3.05) is 46.3 Å². The molecule has 2 aliphatic rings. The van der Waals surface area contributed by atoms with Crippen LogP contribution >= 0.6 is 11.3 Å². The molecule has 3 heterocycles. The van der Waals surface area contributed by atoms with Gasteiger partial charge in [-0.05, 0) is 67.6 Å². The number of allylic oxidation sites excluding steroid dienone is 1. The number of likely N-dealkylation sites (N-methyl/N-ethyl adjacent to an activating group) is 1. The summed E-state index contributed by atoms with van der Waals surface area (Å²) in [7, 11) is 2.18. The topological polar surface area (TPSA) is 48.5 Å². The van der Waals surface area contributed by atoms with Gasteiger partial charge in [-0.15, -0.1) is 11.3 Å². The molecule has 0 atom stereocenters. The quantitative estimate of drug-likeness (QED) is 0.578. The van der Waals surface area contributed by atoms with Gasteiger partial charge in [0.15, 0.2) is 0 Å². The molecule has 1 aromatic carbocycles. The van der Waals surface area contributed by atoms with E-state index in [1.165, 1.54) is 10.5 Å². The van der Waals surface area contributed by atoms with Gasteiger partial charge in [-0.2, -0.15) is 0 Å². The lowest BCUT2D eigenvalue weighted by Gasteiger charge is -2.32. The van der Waals surface area contributed by atoms with Gasteiger partial charge in [0.1, 0.15) is 0 Å². The highest BCUT2D eigenvalue weighted by Crippen LogP contribution is 2.37. The third-order valence-corrected chi connectivity index (χ3v) is 7.38. The second-order valence-electron chi connectivity index (χ2n) is 8.77. The van der Waals surface area contributed by atoms with Crippen LogP contribution in [0.15, 0.2) is 41.8 Å². The molecule has 32 heavy (non-hydrogen) atoms. The van der Waals surface area contributed by atoms with Crippen LogP contribution < -0.4 is 5.32 Å². The molecular formula is C26H30N4OS. The molecule has 0 unspecified atom stereocenters. The Kier molecular flexibility index (Phi) is 6.35. The van der Waals surface area contributed by atoms with Crippen LogP contribution in [0.3, 0.4) is 0 Å². The molecule has 6 heteroatoms. The van der Waals surface area contributed by atoms with E-state index in [9.17, 15) is 4.79 Å². The number of hydrogen-bond donors (Lipinski definition) is 1. The van der Waals surface area contributed by atoms with E-state index in [2.05, 4.69) is 45.8 Å². The second kappa shape index (κ2) is 9.53. The fourth-order valence-electron chi connectivity index (χ4n) is 4.75. The van der Waals surface area contributed by atoms with Crippen molar-refractivity contribution in [3.63, 3.8) is 0 Å². The van der Waals surface area contributed by atoms with Gasteiger partial charge in [0, 0.05) is 43.0 Å². The molecule has 1 aliphatic carbocycles. The van der Waals surface area contributed by atoms with Crippen molar-refractivity contribution < 1.29 is 4.79 Å². The van der Waals surface area contributed by atoms with Crippen LogP contribution in [0.4, 0.5) is 0 Å². The molecule has 0 saturated carbocycles. The summed E-state index contributed by atoms with van der Waals surface area (Å²) in [6.07, 6.45) is 5.01. The van der Waals surface area contributed by atoms with Gasteiger partial charge < -0.3 is 15.1 Å². The molecule has 0 spiro atoms. The summed E-state index contributed by atoms with van der Waals surface area (Å²) in [4.78, 5) is 24.4. The molecule has 1 fully saturated rings. The number of thiophene rings is 1. The highest BCUT2D eigenvalue weighted by Gasteiger charge is 2.26. The maximum atomic E-state index is 13.4. The number of pyridine rings is 1. The van der Waals surface area contributed by atoms with Crippen molar-refractivity contribution in [1.82, 2.24) is 20.1 Å². The molecule has 1 aliphatic heterocycles. The Labute approximate surface area is 193 Å². The van der Waals surface area contributed by atoms with Crippen LogP contribution in [0.1, 0.15) is 39.3 Å². The van der Waals surface area contributed by atoms with Crippen molar-refractivity contribution in [2.45, 2.75) is 19.3 Å².